The van der Waals surface area contributed by atoms with E-state index in [0.29, 0.717) is 11.0 Å². The molecule has 1 amide bonds. The van der Waals surface area contributed by atoms with Crippen molar-refractivity contribution >= 4 is 29.0 Å². The number of anilines is 2. The molecule has 3 aromatic rings. The first-order valence-corrected chi connectivity index (χ1v) is 11.3. The molecule has 0 saturated carbocycles. The van der Waals surface area contributed by atoms with Gasteiger partial charge < -0.3 is 10.2 Å². The first-order valence-electron chi connectivity index (χ1n) is 10.4. The quantitative estimate of drug-likeness (QED) is 0.555. The number of hydrogen-bond acceptors (Lipinski definition) is 5. The van der Waals surface area contributed by atoms with Crippen molar-refractivity contribution in [2.75, 3.05) is 23.3 Å². The van der Waals surface area contributed by atoms with Crippen LogP contribution in [0.5, 0.6) is 0 Å². The second-order valence-electron chi connectivity index (χ2n) is 7.68. The van der Waals surface area contributed by atoms with Gasteiger partial charge in [-0.25, -0.2) is 4.98 Å². The van der Waals surface area contributed by atoms with E-state index in [1.54, 1.807) is 0 Å². The van der Waals surface area contributed by atoms with Gasteiger partial charge in [-0.3, -0.25) is 9.89 Å². The van der Waals surface area contributed by atoms with Crippen molar-refractivity contribution in [3.05, 3.63) is 54.1 Å². The number of amides is 1. The number of nitrogens with one attached hydrogen (secondary N) is 2. The molecule has 4 rings (SSSR count). The van der Waals surface area contributed by atoms with Crippen LogP contribution in [0.15, 0.2) is 53.7 Å². The van der Waals surface area contributed by atoms with Crippen molar-refractivity contribution in [3.63, 3.8) is 0 Å². The molecule has 1 aromatic heterocycles. The van der Waals surface area contributed by atoms with Crippen LogP contribution in [0.4, 0.5) is 11.4 Å². The van der Waals surface area contributed by atoms with Crippen LogP contribution >= 0.6 is 11.8 Å². The molecule has 0 aliphatic carbocycles. The zero-order chi connectivity index (χ0) is 20.9. The second-order valence-corrected chi connectivity index (χ2v) is 8.98. The number of piperidine rings is 1. The summed E-state index contributed by atoms with van der Waals surface area (Å²) in [5.41, 5.74) is 4.20. The summed E-state index contributed by atoms with van der Waals surface area (Å²) < 4.78 is 0. The normalized spacial score (nSPS) is 15.1. The third kappa shape index (κ3) is 5.02. The summed E-state index contributed by atoms with van der Waals surface area (Å²) in [5.74, 6) is 0.644. The van der Waals surface area contributed by atoms with Gasteiger partial charge in [0, 0.05) is 30.0 Å². The number of rotatable bonds is 6. The number of aryl methyl sites for hydroxylation is 1. The van der Waals surface area contributed by atoms with E-state index in [-0.39, 0.29) is 11.2 Å². The van der Waals surface area contributed by atoms with Gasteiger partial charge in [0.05, 0.1) is 5.25 Å². The van der Waals surface area contributed by atoms with Gasteiger partial charge in [-0.1, -0.05) is 41.6 Å². The van der Waals surface area contributed by atoms with Crippen LogP contribution in [0.3, 0.4) is 0 Å². The minimum atomic E-state index is -0.312. The highest BCUT2D eigenvalue weighted by molar-refractivity contribution is 8.00. The maximum absolute atomic E-state index is 12.6. The molecule has 0 bridgehead atoms. The lowest BCUT2D eigenvalue weighted by molar-refractivity contribution is -0.115. The molecule has 1 atom stereocenters. The highest BCUT2D eigenvalue weighted by Crippen LogP contribution is 2.25. The van der Waals surface area contributed by atoms with Crippen LogP contribution in [0.1, 0.15) is 31.7 Å². The number of hydrogen-bond donors (Lipinski definition) is 2. The third-order valence-corrected chi connectivity index (χ3v) is 6.26. The molecule has 1 unspecified atom stereocenters. The molecule has 0 radical (unpaired) electrons. The van der Waals surface area contributed by atoms with Gasteiger partial charge >= 0.3 is 0 Å². The number of thioether (sulfide) groups is 1. The van der Waals surface area contributed by atoms with Gasteiger partial charge in [0.15, 0.2) is 5.82 Å². The van der Waals surface area contributed by atoms with Gasteiger partial charge in [0.25, 0.3) is 0 Å². The molecule has 2 N–H and O–H groups in total. The topological polar surface area (TPSA) is 73.9 Å². The first-order chi connectivity index (χ1) is 14.6. The Labute approximate surface area is 181 Å². The summed E-state index contributed by atoms with van der Waals surface area (Å²) in [4.78, 5) is 19.5. The lowest BCUT2D eigenvalue weighted by atomic mass is 10.1. The number of nitrogens with zero attached hydrogens (tertiary/aromatic N) is 3. The molecule has 1 aliphatic heterocycles. The molecule has 2 aromatic carbocycles. The maximum Gasteiger partial charge on any atom is 0.237 e. The predicted octanol–water partition coefficient (Wildman–Crippen LogP) is 4.89. The van der Waals surface area contributed by atoms with Gasteiger partial charge in [-0.05, 0) is 57.4 Å². The maximum atomic E-state index is 12.6. The summed E-state index contributed by atoms with van der Waals surface area (Å²) >= 11 is 1.34. The average Bonchev–Trinajstić information content (AvgIpc) is 3.24. The number of carbonyl (C=O) groups excluding carboxylic acids is 1. The molecule has 156 valence electrons. The fourth-order valence-corrected chi connectivity index (χ4v) is 4.23. The lowest BCUT2D eigenvalue weighted by Gasteiger charge is -2.28. The van der Waals surface area contributed by atoms with Crippen LogP contribution in [0.25, 0.3) is 11.4 Å². The number of aromatic nitrogens is 3. The zero-order valence-electron chi connectivity index (χ0n) is 17.4. The van der Waals surface area contributed by atoms with Crippen molar-refractivity contribution in [1.29, 1.82) is 0 Å². The summed E-state index contributed by atoms with van der Waals surface area (Å²) in [7, 11) is 0. The van der Waals surface area contributed by atoms with Crippen LogP contribution in [0.2, 0.25) is 0 Å². The number of carbonyl (C=O) groups is 1. The molecule has 1 aliphatic rings. The summed E-state index contributed by atoms with van der Waals surface area (Å²) in [5, 5.41) is 10.4. The fourth-order valence-electron chi connectivity index (χ4n) is 3.50. The highest BCUT2D eigenvalue weighted by atomic mass is 32.2. The third-order valence-electron chi connectivity index (χ3n) is 5.30. The zero-order valence-corrected chi connectivity index (χ0v) is 18.2. The second kappa shape index (κ2) is 9.34. The molecule has 2 heterocycles. The van der Waals surface area contributed by atoms with E-state index in [9.17, 15) is 4.79 Å². The number of H-pyrrole nitrogens is 1. The Morgan fingerprint density at radius 2 is 1.77 bits per heavy atom. The van der Waals surface area contributed by atoms with E-state index < -0.39 is 0 Å². The Balaban J connectivity index is 1.33. The van der Waals surface area contributed by atoms with Gasteiger partial charge in [-0.15, -0.1) is 5.10 Å². The van der Waals surface area contributed by atoms with Crippen molar-refractivity contribution in [2.24, 2.45) is 0 Å². The Kier molecular flexibility index (Phi) is 6.38. The van der Waals surface area contributed by atoms with Crippen molar-refractivity contribution in [1.82, 2.24) is 15.2 Å². The largest absolute Gasteiger partial charge is 0.372 e. The molecule has 0 spiro atoms. The smallest absolute Gasteiger partial charge is 0.237 e. The molecule has 1 saturated heterocycles. The van der Waals surface area contributed by atoms with Crippen molar-refractivity contribution in [2.45, 2.75) is 43.5 Å². The fraction of sp³-hybridized carbons (Fsp3) is 0.348. The summed E-state index contributed by atoms with van der Waals surface area (Å²) in [6.45, 7) is 6.14. The Hall–Kier alpha value is -2.80. The van der Waals surface area contributed by atoms with Crippen LogP contribution in [-0.2, 0) is 4.79 Å². The molecule has 30 heavy (non-hydrogen) atoms. The highest BCUT2D eigenvalue weighted by Gasteiger charge is 2.18. The summed E-state index contributed by atoms with van der Waals surface area (Å²) in [6, 6.07) is 16.2. The van der Waals surface area contributed by atoms with Crippen molar-refractivity contribution < 1.29 is 4.79 Å². The Morgan fingerprint density at radius 3 is 2.47 bits per heavy atom. The van der Waals surface area contributed by atoms with Crippen molar-refractivity contribution in [3.8, 4) is 11.4 Å². The molecule has 1 fully saturated rings. The minimum absolute atomic E-state index is 0.0626. The van der Waals surface area contributed by atoms with E-state index in [4.69, 9.17) is 0 Å². The van der Waals surface area contributed by atoms with E-state index in [1.807, 2.05) is 50.2 Å². The number of aromatic amines is 1. The van der Waals surface area contributed by atoms with Crippen LogP contribution in [-0.4, -0.2) is 39.4 Å². The van der Waals surface area contributed by atoms with E-state index in [2.05, 4.69) is 37.5 Å². The van der Waals surface area contributed by atoms with Crippen LogP contribution < -0.4 is 10.2 Å². The number of benzene rings is 2. The molecule has 6 nitrogen and oxygen atoms in total. The van der Waals surface area contributed by atoms with E-state index in [0.717, 1.165) is 24.3 Å². The van der Waals surface area contributed by atoms with Gasteiger partial charge in [0.1, 0.15) is 0 Å². The standard InChI is InChI=1S/C23H27N5OS/c1-16-6-8-18(9-7-16)21-25-23(27-26-21)30-17(2)22(29)24-19-10-12-20(13-11-19)28-14-4-3-5-15-28/h6-13,17H,3-5,14-15H2,1-2H3,(H,24,29)(H,25,26,27). The summed E-state index contributed by atoms with van der Waals surface area (Å²) in [6.07, 6.45) is 3.82. The molecule has 7 heteroatoms. The average molecular weight is 422 g/mol. The molecular formula is C23H27N5OS. The monoisotopic (exact) mass is 421 g/mol. The minimum Gasteiger partial charge on any atom is -0.372 e. The van der Waals surface area contributed by atoms with Gasteiger partial charge in [0.2, 0.25) is 11.1 Å². The SMILES string of the molecule is Cc1ccc(-c2nc(SC(C)C(=O)Nc3ccc(N4CCCCC4)cc3)n[nH]2)cc1. The van der Waals surface area contributed by atoms with E-state index in [1.165, 1.54) is 42.3 Å². The van der Waals surface area contributed by atoms with Gasteiger partial charge in [-0.2, -0.15) is 0 Å². The Bertz CT molecular complexity index is 978. The Morgan fingerprint density at radius 1 is 1.07 bits per heavy atom. The predicted molar refractivity (Wildman–Crippen MR) is 123 cm³/mol. The first kappa shape index (κ1) is 20.5. The lowest BCUT2D eigenvalue weighted by Crippen LogP contribution is -2.29. The van der Waals surface area contributed by atoms with Crippen LogP contribution in [0, 0.1) is 6.92 Å². The van der Waals surface area contributed by atoms with E-state index >= 15 is 0 Å². The molecular weight excluding hydrogens is 394 g/mol.